The van der Waals surface area contributed by atoms with Gasteiger partial charge in [-0.25, -0.2) is 4.98 Å². The molecule has 0 radical (unpaired) electrons. The molecule has 1 aromatic rings. The molecule has 0 aliphatic heterocycles. The predicted octanol–water partition coefficient (Wildman–Crippen LogP) is 11.3. The first-order valence-corrected chi connectivity index (χ1v) is 25.1. The van der Waals surface area contributed by atoms with Crippen LogP contribution in [0.4, 0.5) is 0 Å². The van der Waals surface area contributed by atoms with Gasteiger partial charge in [0.1, 0.15) is 11.6 Å². The van der Waals surface area contributed by atoms with E-state index in [-0.39, 0.29) is 46.2 Å². The number of hydrogen-bond donors (Lipinski definition) is 1. The summed E-state index contributed by atoms with van der Waals surface area (Å²) < 4.78 is 14.0. The lowest BCUT2D eigenvalue weighted by Gasteiger charge is -2.44. The minimum Gasteiger partial charge on any atom is -0.413 e. The zero-order valence-electron chi connectivity index (χ0n) is 34.6. The number of ketones is 2. The van der Waals surface area contributed by atoms with E-state index in [1.807, 2.05) is 13.8 Å². The molecule has 0 aromatic carbocycles. The third kappa shape index (κ3) is 13.7. The molecule has 0 saturated carbocycles. The first-order valence-electron chi connectivity index (χ1n) is 18.4. The number of thiazole rings is 1. The highest BCUT2D eigenvalue weighted by Crippen LogP contribution is 2.42. The van der Waals surface area contributed by atoms with Gasteiger partial charge in [0.2, 0.25) is 0 Å². The van der Waals surface area contributed by atoms with Gasteiger partial charge in [-0.2, -0.15) is 0 Å². The normalized spacial score (nSPS) is 17.4. The predicted molar refractivity (Wildman–Crippen MR) is 215 cm³/mol. The monoisotopic (exact) mass is 735 g/mol. The summed E-state index contributed by atoms with van der Waals surface area (Å²) in [5, 5.41) is 14.1. The third-order valence-electron chi connectivity index (χ3n) is 11.3. The van der Waals surface area contributed by atoms with Crippen molar-refractivity contribution in [2.24, 2.45) is 17.3 Å². The quantitative estimate of drug-likeness (QED) is 0.112. The van der Waals surface area contributed by atoms with E-state index in [1.54, 1.807) is 25.2 Å². The molecule has 0 aliphatic carbocycles. The molecule has 49 heavy (non-hydrogen) atoms. The number of rotatable bonds is 19. The lowest BCUT2D eigenvalue weighted by atomic mass is 9.72. The van der Waals surface area contributed by atoms with Gasteiger partial charge in [0, 0.05) is 17.7 Å². The number of hydrogen-bond acceptors (Lipinski definition) is 7. The Morgan fingerprint density at radius 1 is 0.939 bits per heavy atom. The number of allylic oxidation sites excluding steroid dienone is 1. The van der Waals surface area contributed by atoms with Gasteiger partial charge in [-0.3, -0.25) is 9.59 Å². The molecule has 0 fully saturated rings. The van der Waals surface area contributed by atoms with Crippen LogP contribution in [0.25, 0.3) is 6.08 Å². The van der Waals surface area contributed by atoms with Crippen LogP contribution in [0.3, 0.4) is 0 Å². The van der Waals surface area contributed by atoms with Gasteiger partial charge in [0.05, 0.1) is 34.4 Å². The van der Waals surface area contributed by atoms with Crippen LogP contribution >= 0.6 is 11.3 Å². The zero-order valence-corrected chi connectivity index (χ0v) is 37.4. The molecular formula is C40H73NO5SSi2. The molecule has 1 N–H and O–H groups in total. The van der Waals surface area contributed by atoms with Crippen molar-refractivity contribution < 1.29 is 23.5 Å². The number of carbonyl (C=O) groups excluding carboxylic acids is 2. The average Bonchev–Trinajstić information content (AvgIpc) is 3.35. The van der Waals surface area contributed by atoms with Crippen LogP contribution in [-0.4, -0.2) is 56.6 Å². The molecule has 5 atom stereocenters. The number of aryl methyl sites for hydroxylation is 1. The van der Waals surface area contributed by atoms with Gasteiger partial charge in [0.25, 0.3) is 0 Å². The minimum absolute atomic E-state index is 0.00675. The summed E-state index contributed by atoms with van der Waals surface area (Å²) in [6.07, 6.45) is 6.89. The summed E-state index contributed by atoms with van der Waals surface area (Å²) in [6, 6.07) is 0. The smallest absolute Gasteiger partial charge is 0.192 e. The Bertz CT molecular complexity index is 1300. The van der Waals surface area contributed by atoms with Crippen LogP contribution in [-0.2, 0) is 18.4 Å². The molecule has 1 heterocycles. The standard InChI is InChI=1S/C40H73NO5SSi2/c1-27(22-23-34(45-48(15,16)38(7,8)9)29(3)24-33-26-47-32(6)41-33)20-19-21-28(2)36(46-49(17,18)39(10,11)12)31(5)37(44)40(13,14)35(43)25-30(4)42/h22,24,26,28,31,34-36,43H,19-21,23,25H2,1-18H3/b27-22-,29-24+/t28-,31+,34+,35-,36-/m0/s1. The third-order valence-corrected chi connectivity index (χ3v) is 21.1. The molecule has 9 heteroatoms. The van der Waals surface area contributed by atoms with Crippen molar-refractivity contribution >= 4 is 45.6 Å². The van der Waals surface area contributed by atoms with Gasteiger partial charge in [-0.1, -0.05) is 80.9 Å². The van der Waals surface area contributed by atoms with Gasteiger partial charge < -0.3 is 14.0 Å². The first-order chi connectivity index (χ1) is 22.0. The van der Waals surface area contributed by atoms with E-state index in [9.17, 15) is 14.7 Å². The molecule has 6 nitrogen and oxygen atoms in total. The van der Waals surface area contributed by atoms with E-state index in [1.165, 1.54) is 18.1 Å². The van der Waals surface area contributed by atoms with Gasteiger partial charge in [-0.15, -0.1) is 11.3 Å². The van der Waals surface area contributed by atoms with Crippen molar-refractivity contribution in [3.05, 3.63) is 33.3 Å². The topological polar surface area (TPSA) is 85.7 Å². The maximum absolute atomic E-state index is 14.0. The highest BCUT2D eigenvalue weighted by atomic mass is 32.1. The summed E-state index contributed by atoms with van der Waals surface area (Å²) in [6.45, 7) is 38.2. The van der Waals surface area contributed by atoms with Crippen LogP contribution in [0, 0.1) is 24.2 Å². The fraction of sp³-hybridized carbons (Fsp3) is 0.775. The summed E-state index contributed by atoms with van der Waals surface area (Å²) in [5.41, 5.74) is 2.49. The van der Waals surface area contributed by atoms with Crippen molar-refractivity contribution in [2.45, 2.75) is 184 Å². The number of nitrogens with zero attached hydrogens (tertiary/aromatic N) is 1. The fourth-order valence-electron chi connectivity index (χ4n) is 5.57. The zero-order chi connectivity index (χ0) is 38.3. The second kappa shape index (κ2) is 18.0. The van der Waals surface area contributed by atoms with E-state index in [2.05, 4.69) is 111 Å². The highest BCUT2D eigenvalue weighted by Gasteiger charge is 2.46. The SMILES string of the molecule is CC(=O)C[C@H](O)C(C)(C)C(=O)[C@H](C)[C@@H](O[Si](C)(C)C(C)(C)C)[C@@H](C)CCC/C(C)=C\C[C@@H](O[Si](C)(C)C(C)(C)C)/C(C)=C/c1csc(C)n1. The number of aliphatic hydroxyl groups excluding tert-OH is 1. The molecule has 0 spiro atoms. The Kier molecular flexibility index (Phi) is 16.8. The number of aromatic nitrogens is 1. The average molecular weight is 736 g/mol. The minimum atomic E-state index is -2.21. The van der Waals surface area contributed by atoms with Crippen LogP contribution < -0.4 is 0 Å². The largest absolute Gasteiger partial charge is 0.413 e. The number of aliphatic hydroxyl groups is 1. The van der Waals surface area contributed by atoms with E-state index in [0.29, 0.717) is 0 Å². The van der Waals surface area contributed by atoms with Crippen LogP contribution in [0.15, 0.2) is 22.6 Å². The Morgan fingerprint density at radius 3 is 1.94 bits per heavy atom. The van der Waals surface area contributed by atoms with E-state index < -0.39 is 34.1 Å². The second-order valence-electron chi connectivity index (χ2n) is 18.3. The number of carbonyl (C=O) groups is 2. The van der Waals surface area contributed by atoms with Gasteiger partial charge >= 0.3 is 0 Å². The number of Topliss-reactive ketones (excluding diaryl/α,β-unsaturated/α-hetero) is 2. The molecule has 1 aromatic heterocycles. The van der Waals surface area contributed by atoms with Crippen LogP contribution in [0.1, 0.15) is 133 Å². The maximum atomic E-state index is 14.0. The van der Waals surface area contributed by atoms with Gasteiger partial charge in [0.15, 0.2) is 16.6 Å². The van der Waals surface area contributed by atoms with Crippen LogP contribution in [0.2, 0.25) is 36.3 Å². The first kappa shape index (κ1) is 45.8. The Balaban J connectivity index is 3.19. The molecule has 0 amide bonds. The van der Waals surface area contributed by atoms with Crippen molar-refractivity contribution in [2.75, 3.05) is 0 Å². The fourth-order valence-corrected chi connectivity index (χ4v) is 8.95. The Hall–Kier alpha value is -1.24. The molecular weight excluding hydrogens is 663 g/mol. The van der Waals surface area contributed by atoms with E-state index in [0.717, 1.165) is 36.4 Å². The van der Waals surface area contributed by atoms with Crippen molar-refractivity contribution in [3.63, 3.8) is 0 Å². The van der Waals surface area contributed by atoms with Crippen molar-refractivity contribution in [1.82, 2.24) is 4.98 Å². The summed E-state index contributed by atoms with van der Waals surface area (Å²) >= 11 is 1.67. The lowest BCUT2D eigenvalue weighted by Crippen LogP contribution is -2.51. The molecule has 0 aliphatic rings. The lowest BCUT2D eigenvalue weighted by molar-refractivity contribution is -0.142. The molecule has 0 unspecified atom stereocenters. The highest BCUT2D eigenvalue weighted by molar-refractivity contribution is 7.09. The molecule has 1 rings (SSSR count). The Labute approximate surface area is 307 Å². The van der Waals surface area contributed by atoms with E-state index >= 15 is 0 Å². The van der Waals surface area contributed by atoms with Crippen molar-refractivity contribution in [1.29, 1.82) is 0 Å². The molecule has 282 valence electrons. The van der Waals surface area contributed by atoms with Crippen molar-refractivity contribution in [3.8, 4) is 0 Å². The summed E-state index contributed by atoms with van der Waals surface area (Å²) in [4.78, 5) is 30.4. The van der Waals surface area contributed by atoms with Crippen LogP contribution in [0.5, 0.6) is 0 Å². The Morgan fingerprint density at radius 2 is 1.47 bits per heavy atom. The molecule has 0 bridgehead atoms. The van der Waals surface area contributed by atoms with Gasteiger partial charge in [-0.05, 0) is 107 Å². The van der Waals surface area contributed by atoms with E-state index in [4.69, 9.17) is 8.85 Å². The maximum Gasteiger partial charge on any atom is 0.192 e. The second-order valence-corrected chi connectivity index (χ2v) is 28.9. The molecule has 0 saturated heterocycles. The summed E-state index contributed by atoms with van der Waals surface area (Å²) in [5.74, 6) is -0.438. The summed E-state index contributed by atoms with van der Waals surface area (Å²) in [7, 11) is -4.22.